The summed E-state index contributed by atoms with van der Waals surface area (Å²) in [5, 5.41) is 0. The van der Waals surface area contributed by atoms with Gasteiger partial charge in [-0.3, -0.25) is 9.10 Å². The Kier molecular flexibility index (Phi) is 5.42. The largest absolute Gasteiger partial charge is 0.378 e. The lowest BCUT2D eigenvalue weighted by atomic mass is 10.2. The van der Waals surface area contributed by atoms with Crippen molar-refractivity contribution in [3.8, 4) is 0 Å². The van der Waals surface area contributed by atoms with E-state index in [-0.39, 0.29) is 18.9 Å². The van der Waals surface area contributed by atoms with Crippen LogP contribution in [0.3, 0.4) is 0 Å². The summed E-state index contributed by atoms with van der Waals surface area (Å²) < 4.78 is 30.5. The Labute approximate surface area is 131 Å². The molecule has 1 aromatic rings. The number of morpholine rings is 1. The number of hydrogen-bond acceptors (Lipinski definition) is 4. The van der Waals surface area contributed by atoms with E-state index < -0.39 is 10.0 Å². The van der Waals surface area contributed by atoms with Crippen molar-refractivity contribution in [3.63, 3.8) is 0 Å². The molecule has 0 aliphatic carbocycles. The Hall–Kier alpha value is -1.60. The van der Waals surface area contributed by atoms with Gasteiger partial charge in [0.1, 0.15) is 0 Å². The highest BCUT2D eigenvalue weighted by Crippen LogP contribution is 2.19. The summed E-state index contributed by atoms with van der Waals surface area (Å²) in [6.07, 6.45) is 1.33. The first kappa shape index (κ1) is 16.8. The second-order valence-corrected chi connectivity index (χ2v) is 7.32. The molecule has 0 spiro atoms. The maximum atomic E-state index is 12.2. The van der Waals surface area contributed by atoms with Crippen molar-refractivity contribution in [2.75, 3.05) is 43.4 Å². The van der Waals surface area contributed by atoms with Crippen molar-refractivity contribution >= 4 is 21.6 Å². The second-order valence-electron chi connectivity index (χ2n) is 5.42. The number of ether oxygens (including phenoxy) is 1. The molecule has 0 bridgehead atoms. The molecule has 22 heavy (non-hydrogen) atoms. The Morgan fingerprint density at radius 2 is 2.00 bits per heavy atom. The van der Waals surface area contributed by atoms with Crippen LogP contribution >= 0.6 is 0 Å². The number of sulfonamides is 1. The van der Waals surface area contributed by atoms with Crippen LogP contribution in [0.4, 0.5) is 5.69 Å². The summed E-state index contributed by atoms with van der Waals surface area (Å²) in [4.78, 5) is 13.9. The van der Waals surface area contributed by atoms with E-state index >= 15 is 0 Å². The molecule has 0 unspecified atom stereocenters. The Balaban J connectivity index is 2.06. The summed E-state index contributed by atoms with van der Waals surface area (Å²) >= 11 is 0. The molecule has 1 heterocycles. The van der Waals surface area contributed by atoms with Gasteiger partial charge in [-0.05, 0) is 24.6 Å². The summed E-state index contributed by atoms with van der Waals surface area (Å²) in [6, 6.07) is 7.27. The van der Waals surface area contributed by atoms with Crippen LogP contribution in [-0.4, -0.2) is 58.3 Å². The van der Waals surface area contributed by atoms with E-state index in [9.17, 15) is 13.2 Å². The van der Waals surface area contributed by atoms with E-state index in [2.05, 4.69) is 0 Å². The molecule has 1 aromatic carbocycles. The second kappa shape index (κ2) is 7.11. The number of anilines is 1. The number of nitrogens with zero attached hydrogens (tertiary/aromatic N) is 2. The molecule has 1 aliphatic rings. The van der Waals surface area contributed by atoms with Crippen molar-refractivity contribution in [2.24, 2.45) is 0 Å². The average molecular weight is 326 g/mol. The van der Waals surface area contributed by atoms with Crippen LogP contribution in [0, 0.1) is 6.92 Å². The number of hydrogen-bond donors (Lipinski definition) is 0. The van der Waals surface area contributed by atoms with Gasteiger partial charge < -0.3 is 9.64 Å². The summed E-state index contributed by atoms with van der Waals surface area (Å²) in [5.41, 5.74) is 1.57. The SMILES string of the molecule is Cc1cccc(N(CCC(=O)N2CCOCC2)S(C)(=O)=O)c1. The minimum absolute atomic E-state index is 0.0374. The molecule has 6 nitrogen and oxygen atoms in total. The van der Waals surface area contributed by atoms with Gasteiger partial charge in [-0.25, -0.2) is 8.42 Å². The monoisotopic (exact) mass is 326 g/mol. The predicted octanol–water partition coefficient (Wildman–Crippen LogP) is 1.01. The third kappa shape index (κ3) is 4.45. The Bertz CT molecular complexity index is 624. The number of benzene rings is 1. The number of carbonyl (C=O) groups is 1. The zero-order valence-electron chi connectivity index (χ0n) is 13.0. The molecule has 0 saturated carbocycles. The van der Waals surface area contributed by atoms with Crippen molar-refractivity contribution in [2.45, 2.75) is 13.3 Å². The van der Waals surface area contributed by atoms with Gasteiger partial charge in [-0.1, -0.05) is 12.1 Å². The molecule has 1 fully saturated rings. The smallest absolute Gasteiger partial charge is 0.232 e. The maximum Gasteiger partial charge on any atom is 0.232 e. The lowest BCUT2D eigenvalue weighted by molar-refractivity contribution is -0.134. The van der Waals surface area contributed by atoms with Crippen LogP contribution in [0.15, 0.2) is 24.3 Å². The highest BCUT2D eigenvalue weighted by molar-refractivity contribution is 7.92. The summed E-state index contributed by atoms with van der Waals surface area (Å²) in [5.74, 6) is -0.0374. The zero-order valence-corrected chi connectivity index (χ0v) is 13.8. The van der Waals surface area contributed by atoms with Gasteiger partial charge in [0.05, 0.1) is 25.2 Å². The van der Waals surface area contributed by atoms with Crippen molar-refractivity contribution < 1.29 is 17.9 Å². The Morgan fingerprint density at radius 1 is 1.32 bits per heavy atom. The van der Waals surface area contributed by atoms with E-state index in [0.29, 0.717) is 32.0 Å². The van der Waals surface area contributed by atoms with Crippen molar-refractivity contribution in [1.82, 2.24) is 4.90 Å². The van der Waals surface area contributed by atoms with Crippen molar-refractivity contribution in [1.29, 1.82) is 0 Å². The van der Waals surface area contributed by atoms with Gasteiger partial charge in [-0.2, -0.15) is 0 Å². The van der Waals surface area contributed by atoms with Crippen LogP contribution in [0.5, 0.6) is 0 Å². The quantitative estimate of drug-likeness (QED) is 0.810. The van der Waals surface area contributed by atoms with E-state index in [1.54, 1.807) is 17.0 Å². The molecule has 2 rings (SSSR count). The lowest BCUT2D eigenvalue weighted by Gasteiger charge is -2.28. The molecule has 7 heteroatoms. The number of amides is 1. The maximum absolute atomic E-state index is 12.2. The van der Waals surface area contributed by atoms with Gasteiger partial charge in [0, 0.05) is 26.1 Å². The fourth-order valence-corrected chi connectivity index (χ4v) is 3.36. The topological polar surface area (TPSA) is 66.9 Å². The van der Waals surface area contributed by atoms with E-state index in [0.717, 1.165) is 11.8 Å². The van der Waals surface area contributed by atoms with Gasteiger partial charge in [-0.15, -0.1) is 0 Å². The van der Waals surface area contributed by atoms with Crippen LogP contribution < -0.4 is 4.31 Å². The average Bonchev–Trinajstić information content (AvgIpc) is 2.47. The van der Waals surface area contributed by atoms with E-state index in [1.165, 1.54) is 4.31 Å². The van der Waals surface area contributed by atoms with Crippen LogP contribution in [0.2, 0.25) is 0 Å². The highest BCUT2D eigenvalue weighted by atomic mass is 32.2. The number of carbonyl (C=O) groups excluding carboxylic acids is 1. The molecule has 1 saturated heterocycles. The molecule has 0 aromatic heterocycles. The van der Waals surface area contributed by atoms with Gasteiger partial charge in [0.2, 0.25) is 15.9 Å². The van der Waals surface area contributed by atoms with E-state index in [4.69, 9.17) is 4.74 Å². The first-order valence-corrected chi connectivity index (χ1v) is 9.12. The number of aryl methyl sites for hydroxylation is 1. The van der Waals surface area contributed by atoms with Crippen LogP contribution in [0.1, 0.15) is 12.0 Å². The Morgan fingerprint density at radius 3 is 2.59 bits per heavy atom. The molecule has 122 valence electrons. The number of rotatable bonds is 5. The van der Waals surface area contributed by atoms with Gasteiger partial charge >= 0.3 is 0 Å². The standard InChI is InChI=1S/C15H22N2O4S/c1-13-4-3-5-14(12-13)17(22(2,19)20)7-6-15(18)16-8-10-21-11-9-16/h3-5,12H,6-11H2,1-2H3. The van der Waals surface area contributed by atoms with E-state index in [1.807, 2.05) is 19.1 Å². The normalized spacial score (nSPS) is 15.6. The first-order valence-electron chi connectivity index (χ1n) is 7.28. The minimum Gasteiger partial charge on any atom is -0.378 e. The third-order valence-electron chi connectivity index (χ3n) is 3.58. The van der Waals surface area contributed by atoms with Crippen LogP contribution in [-0.2, 0) is 19.6 Å². The van der Waals surface area contributed by atoms with Gasteiger partial charge in [0.25, 0.3) is 0 Å². The summed E-state index contributed by atoms with van der Waals surface area (Å²) in [7, 11) is -3.42. The molecule has 0 N–H and O–H groups in total. The fourth-order valence-electron chi connectivity index (χ4n) is 2.44. The molecular formula is C15H22N2O4S. The summed E-state index contributed by atoms with van der Waals surface area (Å²) in [6.45, 7) is 4.28. The predicted molar refractivity (Wildman–Crippen MR) is 85.4 cm³/mol. The van der Waals surface area contributed by atoms with Gasteiger partial charge in [0.15, 0.2) is 0 Å². The third-order valence-corrected chi connectivity index (χ3v) is 4.78. The fraction of sp³-hybridized carbons (Fsp3) is 0.533. The molecule has 1 aliphatic heterocycles. The zero-order chi connectivity index (χ0) is 16.2. The van der Waals surface area contributed by atoms with Crippen LogP contribution in [0.25, 0.3) is 0 Å². The molecule has 0 atom stereocenters. The highest BCUT2D eigenvalue weighted by Gasteiger charge is 2.22. The first-order chi connectivity index (χ1) is 10.4. The molecule has 0 radical (unpaired) electrons. The molecule has 1 amide bonds. The lowest BCUT2D eigenvalue weighted by Crippen LogP contribution is -2.42. The molecular weight excluding hydrogens is 304 g/mol. The minimum atomic E-state index is -3.42. The van der Waals surface area contributed by atoms with Crippen molar-refractivity contribution in [3.05, 3.63) is 29.8 Å².